The Morgan fingerprint density at radius 2 is 2.12 bits per heavy atom. The van der Waals surface area contributed by atoms with Gasteiger partial charge >= 0.3 is 5.97 Å². The summed E-state index contributed by atoms with van der Waals surface area (Å²) in [5.41, 5.74) is 1.62. The molecule has 0 aliphatic heterocycles. The van der Waals surface area contributed by atoms with Crippen LogP contribution in [0.25, 0.3) is 10.9 Å². The van der Waals surface area contributed by atoms with E-state index in [4.69, 9.17) is 4.74 Å². The van der Waals surface area contributed by atoms with Gasteiger partial charge in [0.1, 0.15) is 5.82 Å². The number of fused-ring (bicyclic) bond motifs is 1. The number of nitrogens with one attached hydrogen (secondary N) is 1. The highest BCUT2D eigenvalue weighted by molar-refractivity contribution is 7.09. The van der Waals surface area contributed by atoms with Crippen molar-refractivity contribution in [1.29, 1.82) is 0 Å². The Balaban J connectivity index is 1.82. The van der Waals surface area contributed by atoms with Gasteiger partial charge < -0.3 is 9.72 Å². The molecule has 0 bridgehead atoms. The van der Waals surface area contributed by atoms with Gasteiger partial charge in [0.05, 0.1) is 40.8 Å². The number of benzene rings is 1. The number of H-pyrrole nitrogens is 1. The molecular formula is C18H20N4O3S. The molecule has 1 N–H and O–H groups in total. The van der Waals surface area contributed by atoms with Crippen LogP contribution in [-0.4, -0.2) is 40.0 Å². The van der Waals surface area contributed by atoms with Gasteiger partial charge in [0, 0.05) is 11.9 Å². The number of rotatable bonds is 6. The Morgan fingerprint density at radius 3 is 2.81 bits per heavy atom. The van der Waals surface area contributed by atoms with Crippen molar-refractivity contribution in [1.82, 2.24) is 19.9 Å². The Morgan fingerprint density at radius 1 is 1.31 bits per heavy atom. The predicted molar refractivity (Wildman–Crippen MR) is 100 cm³/mol. The van der Waals surface area contributed by atoms with Crippen molar-refractivity contribution < 1.29 is 9.53 Å². The Kier molecular flexibility index (Phi) is 5.43. The number of hydrogen-bond acceptors (Lipinski definition) is 7. The molecule has 0 aliphatic carbocycles. The number of carbonyl (C=O) groups is 1. The standard InChI is InChI=1S/C18H20N4O3S/c1-4-16-19-12(10-26-16)8-22(2)9-15-20-14-7-11(18(24)25-3)5-6-13(14)17(23)21-15/h5-7,10H,4,8-9H2,1-3H3,(H,20,21,23). The smallest absolute Gasteiger partial charge is 0.337 e. The minimum absolute atomic E-state index is 0.225. The number of esters is 1. The molecule has 7 nitrogen and oxygen atoms in total. The number of aromatic amines is 1. The van der Waals surface area contributed by atoms with Gasteiger partial charge in [-0.3, -0.25) is 9.69 Å². The summed E-state index contributed by atoms with van der Waals surface area (Å²) < 4.78 is 4.72. The van der Waals surface area contributed by atoms with Gasteiger partial charge in [0.15, 0.2) is 0 Å². The monoisotopic (exact) mass is 372 g/mol. The van der Waals surface area contributed by atoms with Crippen molar-refractivity contribution in [2.75, 3.05) is 14.2 Å². The summed E-state index contributed by atoms with van der Waals surface area (Å²) in [5.74, 6) is 0.0841. The molecule has 0 atom stereocenters. The zero-order chi connectivity index (χ0) is 18.7. The first-order chi connectivity index (χ1) is 12.5. The molecule has 2 aromatic heterocycles. The zero-order valence-corrected chi connectivity index (χ0v) is 15.7. The van der Waals surface area contributed by atoms with E-state index in [0.29, 0.717) is 35.4 Å². The van der Waals surface area contributed by atoms with Crippen LogP contribution in [0.1, 0.15) is 33.8 Å². The largest absolute Gasteiger partial charge is 0.465 e. The van der Waals surface area contributed by atoms with Crippen molar-refractivity contribution in [3.8, 4) is 0 Å². The average molecular weight is 372 g/mol. The lowest BCUT2D eigenvalue weighted by molar-refractivity contribution is 0.0601. The maximum atomic E-state index is 12.3. The molecule has 136 valence electrons. The summed E-state index contributed by atoms with van der Waals surface area (Å²) in [6.07, 6.45) is 0.927. The molecule has 0 spiro atoms. The van der Waals surface area contributed by atoms with Crippen LogP contribution in [0.15, 0.2) is 28.4 Å². The highest BCUT2D eigenvalue weighted by Crippen LogP contribution is 2.14. The van der Waals surface area contributed by atoms with E-state index in [9.17, 15) is 9.59 Å². The maximum Gasteiger partial charge on any atom is 0.337 e. The third-order valence-electron chi connectivity index (χ3n) is 3.93. The zero-order valence-electron chi connectivity index (χ0n) is 14.9. The van der Waals surface area contributed by atoms with Crippen molar-refractivity contribution >= 4 is 28.2 Å². The van der Waals surface area contributed by atoms with Crippen LogP contribution in [0.5, 0.6) is 0 Å². The van der Waals surface area contributed by atoms with Gasteiger partial charge in [-0.05, 0) is 31.7 Å². The van der Waals surface area contributed by atoms with E-state index in [1.54, 1.807) is 29.5 Å². The van der Waals surface area contributed by atoms with Gasteiger partial charge in [0.2, 0.25) is 0 Å². The van der Waals surface area contributed by atoms with Crippen LogP contribution < -0.4 is 5.56 Å². The van der Waals surface area contributed by atoms with Crippen molar-refractivity contribution in [2.24, 2.45) is 0 Å². The van der Waals surface area contributed by atoms with E-state index in [-0.39, 0.29) is 5.56 Å². The Labute approximate surface area is 154 Å². The first-order valence-electron chi connectivity index (χ1n) is 8.23. The second kappa shape index (κ2) is 7.76. The first kappa shape index (κ1) is 18.2. The van der Waals surface area contributed by atoms with Gasteiger partial charge in [-0.1, -0.05) is 6.92 Å². The number of ether oxygens (including phenoxy) is 1. The fourth-order valence-electron chi connectivity index (χ4n) is 2.68. The average Bonchev–Trinajstić information content (AvgIpc) is 3.07. The van der Waals surface area contributed by atoms with E-state index < -0.39 is 5.97 Å². The van der Waals surface area contributed by atoms with E-state index in [0.717, 1.165) is 17.1 Å². The summed E-state index contributed by atoms with van der Waals surface area (Å²) in [7, 11) is 3.26. The van der Waals surface area contributed by atoms with E-state index in [1.807, 2.05) is 11.9 Å². The molecule has 3 aromatic rings. The Hall–Kier alpha value is -2.58. The summed E-state index contributed by atoms with van der Waals surface area (Å²) in [6.45, 7) is 3.21. The summed E-state index contributed by atoms with van der Waals surface area (Å²) in [4.78, 5) is 37.9. The lowest BCUT2D eigenvalue weighted by atomic mass is 10.1. The van der Waals surface area contributed by atoms with E-state index >= 15 is 0 Å². The lowest BCUT2D eigenvalue weighted by Gasteiger charge is -2.14. The van der Waals surface area contributed by atoms with Crippen molar-refractivity contribution in [3.63, 3.8) is 0 Å². The molecule has 3 rings (SSSR count). The minimum atomic E-state index is -0.456. The van der Waals surface area contributed by atoms with Crippen LogP contribution in [0.4, 0.5) is 0 Å². The molecule has 0 fully saturated rings. The number of aromatic nitrogens is 3. The molecule has 0 radical (unpaired) electrons. The second-order valence-corrected chi connectivity index (χ2v) is 6.94. The van der Waals surface area contributed by atoms with Gasteiger partial charge in [-0.2, -0.15) is 0 Å². The molecule has 2 heterocycles. The summed E-state index contributed by atoms with van der Waals surface area (Å²) in [6, 6.07) is 4.72. The van der Waals surface area contributed by atoms with Crippen LogP contribution >= 0.6 is 11.3 Å². The number of carbonyl (C=O) groups excluding carboxylic acids is 1. The lowest BCUT2D eigenvalue weighted by Crippen LogP contribution is -2.22. The van der Waals surface area contributed by atoms with Crippen LogP contribution in [-0.2, 0) is 24.2 Å². The Bertz CT molecular complexity index is 996. The third kappa shape index (κ3) is 3.97. The molecule has 0 amide bonds. The number of methoxy groups -OCH3 is 1. The van der Waals surface area contributed by atoms with E-state index in [2.05, 4.69) is 27.3 Å². The van der Waals surface area contributed by atoms with Crippen LogP contribution in [0, 0.1) is 0 Å². The molecule has 1 aromatic carbocycles. The number of nitrogens with zero attached hydrogens (tertiary/aromatic N) is 3. The molecule has 0 unspecified atom stereocenters. The fraction of sp³-hybridized carbons (Fsp3) is 0.333. The molecule has 0 saturated carbocycles. The number of hydrogen-bond donors (Lipinski definition) is 1. The topological polar surface area (TPSA) is 88.2 Å². The molecule has 26 heavy (non-hydrogen) atoms. The summed E-state index contributed by atoms with van der Waals surface area (Å²) in [5, 5.41) is 3.60. The van der Waals surface area contributed by atoms with Crippen LogP contribution in [0.2, 0.25) is 0 Å². The number of aryl methyl sites for hydroxylation is 1. The van der Waals surface area contributed by atoms with Gasteiger partial charge in [-0.25, -0.2) is 14.8 Å². The van der Waals surface area contributed by atoms with E-state index in [1.165, 1.54) is 7.11 Å². The molecule has 0 saturated heterocycles. The van der Waals surface area contributed by atoms with Crippen LogP contribution in [0.3, 0.4) is 0 Å². The van der Waals surface area contributed by atoms with Gasteiger partial charge in [-0.15, -0.1) is 11.3 Å². The molecule has 0 aliphatic rings. The minimum Gasteiger partial charge on any atom is -0.465 e. The maximum absolute atomic E-state index is 12.3. The number of thiazole rings is 1. The highest BCUT2D eigenvalue weighted by Gasteiger charge is 2.11. The molecular weight excluding hydrogens is 352 g/mol. The summed E-state index contributed by atoms with van der Waals surface area (Å²) >= 11 is 1.65. The normalized spacial score (nSPS) is 11.2. The third-order valence-corrected chi connectivity index (χ3v) is 4.97. The predicted octanol–water partition coefficient (Wildman–Crippen LogP) is 2.36. The highest BCUT2D eigenvalue weighted by atomic mass is 32.1. The SMILES string of the molecule is CCc1nc(CN(C)Cc2nc3cc(C(=O)OC)ccc3c(=O)[nH]2)cs1. The van der Waals surface area contributed by atoms with Crippen molar-refractivity contribution in [2.45, 2.75) is 26.4 Å². The van der Waals surface area contributed by atoms with Crippen molar-refractivity contribution in [3.05, 3.63) is 56.0 Å². The second-order valence-electron chi connectivity index (χ2n) is 5.99. The fourth-order valence-corrected chi connectivity index (χ4v) is 3.42. The molecule has 8 heteroatoms. The van der Waals surface area contributed by atoms with Gasteiger partial charge in [0.25, 0.3) is 5.56 Å². The quantitative estimate of drug-likeness (QED) is 0.668. The first-order valence-corrected chi connectivity index (χ1v) is 9.11.